The van der Waals surface area contributed by atoms with Crippen molar-refractivity contribution in [3.63, 3.8) is 0 Å². The number of fused-ring (bicyclic) bond motifs is 1. The quantitative estimate of drug-likeness (QED) is 0.874. The van der Waals surface area contributed by atoms with E-state index in [0.717, 1.165) is 11.3 Å². The van der Waals surface area contributed by atoms with Gasteiger partial charge in [-0.3, -0.25) is 4.79 Å². The molecule has 5 nitrogen and oxygen atoms in total. The molecule has 1 aliphatic rings. The normalized spacial score (nSPS) is 13.9. The third kappa shape index (κ3) is 3.14. The summed E-state index contributed by atoms with van der Waals surface area (Å²) in [5.41, 5.74) is 2.56. The van der Waals surface area contributed by atoms with Crippen LogP contribution in [0.5, 0.6) is 0 Å². The first-order valence-electron chi connectivity index (χ1n) is 7.97. The van der Waals surface area contributed by atoms with Crippen molar-refractivity contribution >= 4 is 27.1 Å². The number of anilines is 2. The molecule has 0 saturated heterocycles. The summed E-state index contributed by atoms with van der Waals surface area (Å²) in [6.07, 6.45) is 0.428. The van der Waals surface area contributed by atoms with Gasteiger partial charge >= 0.3 is 0 Å². The molecule has 0 fully saturated rings. The predicted molar refractivity (Wildman–Crippen MR) is 95.2 cm³/mol. The van der Waals surface area contributed by atoms with Crippen LogP contribution in [0.1, 0.15) is 12.5 Å². The maximum Gasteiger partial charge on any atom is 0.231 e. The summed E-state index contributed by atoms with van der Waals surface area (Å²) in [4.78, 5) is 14.2. The van der Waals surface area contributed by atoms with E-state index >= 15 is 0 Å². The Morgan fingerprint density at radius 1 is 1.08 bits per heavy atom. The first-order chi connectivity index (χ1) is 11.5. The lowest BCUT2D eigenvalue weighted by molar-refractivity contribution is -0.117. The Kier molecular flexibility index (Phi) is 4.57. The lowest BCUT2D eigenvalue weighted by Gasteiger charge is -2.19. The second-order valence-electron chi connectivity index (χ2n) is 5.68. The zero-order chi connectivity index (χ0) is 17.2. The molecule has 1 amide bonds. The summed E-state index contributed by atoms with van der Waals surface area (Å²) < 4.78 is 24.3. The zero-order valence-corrected chi connectivity index (χ0v) is 14.3. The van der Waals surface area contributed by atoms with E-state index < -0.39 is 9.84 Å². The maximum atomic E-state index is 12.2. The molecule has 1 N–H and O–H groups in total. The Hall–Kier alpha value is -2.34. The molecule has 3 rings (SSSR count). The molecule has 0 radical (unpaired) electrons. The molecule has 0 aliphatic carbocycles. The lowest BCUT2D eigenvalue weighted by Crippen LogP contribution is -2.31. The van der Waals surface area contributed by atoms with E-state index in [9.17, 15) is 13.2 Å². The fourth-order valence-corrected chi connectivity index (χ4v) is 3.98. The van der Waals surface area contributed by atoms with Crippen molar-refractivity contribution in [1.82, 2.24) is 0 Å². The number of para-hydroxylation sites is 2. The number of carbonyl (C=O) groups excluding carboxylic acids is 1. The highest BCUT2D eigenvalue weighted by atomic mass is 32.2. The third-order valence-corrected chi connectivity index (χ3v) is 5.96. The molecule has 2 aromatic carbocycles. The van der Waals surface area contributed by atoms with E-state index in [-0.39, 0.29) is 11.7 Å². The molecule has 1 aliphatic heterocycles. The second-order valence-corrected chi connectivity index (χ2v) is 7.92. The molecule has 0 unspecified atom stereocenters. The van der Waals surface area contributed by atoms with Crippen molar-refractivity contribution < 1.29 is 13.2 Å². The minimum Gasteiger partial charge on any atom is -0.382 e. The summed E-state index contributed by atoms with van der Waals surface area (Å²) in [7, 11) is -3.28. The molecule has 126 valence electrons. The number of sulfone groups is 1. The Morgan fingerprint density at radius 3 is 2.58 bits per heavy atom. The molecule has 6 heteroatoms. The first-order valence-corrected chi connectivity index (χ1v) is 9.62. The number of carbonyl (C=O) groups is 1. The second kappa shape index (κ2) is 6.65. The number of benzene rings is 2. The number of rotatable bonds is 6. The SMILES string of the molecule is CCS(=O)(=O)c1ccccc1NCCN1C(=O)Cc2ccccc21. The highest BCUT2D eigenvalue weighted by Gasteiger charge is 2.26. The van der Waals surface area contributed by atoms with Crippen molar-refractivity contribution in [3.05, 3.63) is 54.1 Å². The van der Waals surface area contributed by atoms with Crippen LogP contribution < -0.4 is 10.2 Å². The van der Waals surface area contributed by atoms with E-state index in [2.05, 4.69) is 5.32 Å². The third-order valence-electron chi connectivity index (χ3n) is 4.18. The largest absolute Gasteiger partial charge is 0.382 e. The van der Waals surface area contributed by atoms with Gasteiger partial charge in [0, 0.05) is 18.8 Å². The van der Waals surface area contributed by atoms with Gasteiger partial charge in [0.2, 0.25) is 5.91 Å². The summed E-state index contributed by atoms with van der Waals surface area (Å²) >= 11 is 0. The van der Waals surface area contributed by atoms with Crippen molar-refractivity contribution in [3.8, 4) is 0 Å². The highest BCUT2D eigenvalue weighted by molar-refractivity contribution is 7.91. The van der Waals surface area contributed by atoms with E-state index in [1.54, 1.807) is 36.1 Å². The number of nitrogens with one attached hydrogen (secondary N) is 1. The monoisotopic (exact) mass is 344 g/mol. The molecular weight excluding hydrogens is 324 g/mol. The fraction of sp³-hybridized carbons (Fsp3) is 0.278. The predicted octanol–water partition coefficient (Wildman–Crippen LogP) is 2.48. The smallest absolute Gasteiger partial charge is 0.231 e. The van der Waals surface area contributed by atoms with Gasteiger partial charge in [0.05, 0.1) is 22.8 Å². The Bertz CT molecular complexity index is 862. The van der Waals surface area contributed by atoms with Gasteiger partial charge in [-0.05, 0) is 23.8 Å². The van der Waals surface area contributed by atoms with Gasteiger partial charge in [-0.2, -0.15) is 0 Å². The molecule has 0 spiro atoms. The number of nitrogens with zero attached hydrogens (tertiary/aromatic N) is 1. The van der Waals surface area contributed by atoms with Crippen LogP contribution in [0, 0.1) is 0 Å². The Balaban J connectivity index is 1.71. The average molecular weight is 344 g/mol. The minimum absolute atomic E-state index is 0.0592. The highest BCUT2D eigenvalue weighted by Crippen LogP contribution is 2.28. The van der Waals surface area contributed by atoms with Gasteiger partial charge in [-0.25, -0.2) is 8.42 Å². The minimum atomic E-state index is -3.28. The van der Waals surface area contributed by atoms with Gasteiger partial charge in [0.25, 0.3) is 0 Å². The van der Waals surface area contributed by atoms with Gasteiger partial charge in [0.1, 0.15) is 0 Å². The zero-order valence-electron chi connectivity index (χ0n) is 13.5. The molecule has 2 aromatic rings. The van der Waals surface area contributed by atoms with E-state index in [1.165, 1.54) is 0 Å². The lowest BCUT2D eigenvalue weighted by atomic mass is 10.2. The van der Waals surface area contributed by atoms with Crippen LogP contribution in [-0.4, -0.2) is 33.2 Å². The van der Waals surface area contributed by atoms with Gasteiger partial charge in [0.15, 0.2) is 9.84 Å². The van der Waals surface area contributed by atoms with E-state index in [0.29, 0.717) is 30.1 Å². The summed E-state index contributed by atoms with van der Waals surface area (Å²) in [5.74, 6) is 0.136. The summed E-state index contributed by atoms with van der Waals surface area (Å²) in [6, 6.07) is 14.6. The molecule has 24 heavy (non-hydrogen) atoms. The van der Waals surface area contributed by atoms with Gasteiger partial charge in [-0.15, -0.1) is 0 Å². The summed E-state index contributed by atoms with van der Waals surface area (Å²) in [6.45, 7) is 2.61. The molecule has 0 atom stereocenters. The van der Waals surface area contributed by atoms with Crippen LogP contribution in [0.4, 0.5) is 11.4 Å². The molecule has 0 aromatic heterocycles. The standard InChI is InChI=1S/C18H20N2O3S/c1-2-24(22,23)17-10-6-4-8-15(17)19-11-12-20-16-9-5-3-7-14(16)13-18(20)21/h3-10,19H,2,11-13H2,1H3. The van der Waals surface area contributed by atoms with E-state index in [4.69, 9.17) is 0 Å². The van der Waals surface area contributed by atoms with Gasteiger partial charge in [-0.1, -0.05) is 37.3 Å². The molecule has 1 heterocycles. The topological polar surface area (TPSA) is 66.5 Å². The maximum absolute atomic E-state index is 12.2. The van der Waals surface area contributed by atoms with E-state index in [1.807, 2.05) is 24.3 Å². The summed E-state index contributed by atoms with van der Waals surface area (Å²) in [5, 5.41) is 3.16. The van der Waals surface area contributed by atoms with Crippen LogP contribution in [-0.2, 0) is 21.1 Å². The van der Waals surface area contributed by atoms with Gasteiger partial charge < -0.3 is 10.2 Å². The van der Waals surface area contributed by atoms with Crippen LogP contribution in [0.25, 0.3) is 0 Å². The van der Waals surface area contributed by atoms with Crippen LogP contribution >= 0.6 is 0 Å². The van der Waals surface area contributed by atoms with Crippen molar-refractivity contribution in [2.24, 2.45) is 0 Å². The first kappa shape index (κ1) is 16.5. The van der Waals surface area contributed by atoms with Crippen LogP contribution in [0.2, 0.25) is 0 Å². The van der Waals surface area contributed by atoms with Crippen molar-refractivity contribution in [2.75, 3.05) is 29.1 Å². The van der Waals surface area contributed by atoms with Crippen molar-refractivity contribution in [1.29, 1.82) is 0 Å². The van der Waals surface area contributed by atoms with Crippen LogP contribution in [0.3, 0.4) is 0 Å². The average Bonchev–Trinajstić information content (AvgIpc) is 2.91. The Labute approximate surface area is 142 Å². The fourth-order valence-electron chi connectivity index (χ4n) is 2.90. The van der Waals surface area contributed by atoms with Crippen LogP contribution in [0.15, 0.2) is 53.4 Å². The number of amides is 1. The number of hydrogen-bond acceptors (Lipinski definition) is 4. The van der Waals surface area contributed by atoms with Crippen molar-refractivity contribution in [2.45, 2.75) is 18.2 Å². The Morgan fingerprint density at radius 2 is 1.79 bits per heavy atom. The molecule has 0 bridgehead atoms. The molecule has 0 saturated carbocycles. The number of hydrogen-bond donors (Lipinski definition) is 1. The molecular formula is C18H20N2O3S.